The van der Waals surface area contributed by atoms with Gasteiger partial charge in [-0.15, -0.1) is 0 Å². The van der Waals surface area contributed by atoms with E-state index < -0.39 is 5.97 Å². The number of nitrogen functional groups attached to an aromatic ring is 1. The molecule has 134 valence electrons. The number of carbonyl (C=O) groups is 1. The van der Waals surface area contributed by atoms with Crippen LogP contribution in [0.4, 0.5) is 5.69 Å². The van der Waals surface area contributed by atoms with Crippen LogP contribution in [0.1, 0.15) is 40.5 Å². The molecule has 1 aromatic carbocycles. The molecule has 3 rings (SSSR count). The summed E-state index contributed by atoms with van der Waals surface area (Å²) in [6, 6.07) is 3.51. The van der Waals surface area contributed by atoms with Crippen molar-refractivity contribution in [3.63, 3.8) is 0 Å². The SMILES string of the molecule is COCc1cc(-n2ccnc2C2CCOCC2)c(N)cc1C(=O)OC. The van der Waals surface area contributed by atoms with Crippen molar-refractivity contribution in [2.45, 2.75) is 25.4 Å². The van der Waals surface area contributed by atoms with E-state index >= 15 is 0 Å². The number of nitrogens with zero attached hydrogens (tertiary/aromatic N) is 2. The molecule has 2 aromatic rings. The molecule has 1 aliphatic heterocycles. The lowest BCUT2D eigenvalue weighted by Crippen LogP contribution is -2.18. The molecule has 0 atom stereocenters. The smallest absolute Gasteiger partial charge is 0.338 e. The zero-order chi connectivity index (χ0) is 17.8. The van der Waals surface area contributed by atoms with Crippen LogP contribution < -0.4 is 5.73 Å². The Morgan fingerprint density at radius 2 is 2.12 bits per heavy atom. The zero-order valence-corrected chi connectivity index (χ0v) is 14.5. The molecule has 1 fully saturated rings. The lowest BCUT2D eigenvalue weighted by molar-refractivity contribution is 0.0596. The Balaban J connectivity index is 2.04. The lowest BCUT2D eigenvalue weighted by Gasteiger charge is -2.23. The molecule has 0 bridgehead atoms. The van der Waals surface area contributed by atoms with E-state index in [4.69, 9.17) is 19.9 Å². The van der Waals surface area contributed by atoms with E-state index in [0.717, 1.165) is 43.1 Å². The summed E-state index contributed by atoms with van der Waals surface area (Å²) >= 11 is 0. The van der Waals surface area contributed by atoms with E-state index in [1.165, 1.54) is 7.11 Å². The molecular formula is C18H23N3O4. The Bertz CT molecular complexity index is 751. The molecule has 7 nitrogen and oxygen atoms in total. The van der Waals surface area contributed by atoms with E-state index in [1.807, 2.05) is 16.8 Å². The first-order valence-electron chi connectivity index (χ1n) is 8.26. The fourth-order valence-electron chi connectivity index (χ4n) is 3.21. The number of hydrogen-bond donors (Lipinski definition) is 1. The fourth-order valence-corrected chi connectivity index (χ4v) is 3.21. The summed E-state index contributed by atoms with van der Waals surface area (Å²) in [5.41, 5.74) is 8.67. The van der Waals surface area contributed by atoms with Crippen LogP contribution in [0.3, 0.4) is 0 Å². The normalized spacial score (nSPS) is 15.3. The molecule has 2 heterocycles. The highest BCUT2D eigenvalue weighted by molar-refractivity contribution is 5.93. The van der Waals surface area contributed by atoms with Crippen molar-refractivity contribution in [1.29, 1.82) is 0 Å². The minimum absolute atomic E-state index is 0.291. The summed E-state index contributed by atoms with van der Waals surface area (Å²) in [4.78, 5) is 16.5. The predicted molar refractivity (Wildman–Crippen MR) is 92.8 cm³/mol. The standard InChI is InChI=1S/C18H23N3O4/c1-23-11-13-9-16(15(19)10-14(13)18(22)24-2)21-6-5-20-17(21)12-3-7-25-8-4-12/h5-6,9-10,12H,3-4,7-8,11,19H2,1-2H3. The maximum Gasteiger partial charge on any atom is 0.338 e. The van der Waals surface area contributed by atoms with Crippen molar-refractivity contribution >= 4 is 11.7 Å². The largest absolute Gasteiger partial charge is 0.465 e. The van der Waals surface area contributed by atoms with Crippen LogP contribution in [0.2, 0.25) is 0 Å². The minimum atomic E-state index is -0.430. The zero-order valence-electron chi connectivity index (χ0n) is 14.5. The predicted octanol–water partition coefficient (Wildman–Crippen LogP) is 2.28. The van der Waals surface area contributed by atoms with Gasteiger partial charge in [-0.3, -0.25) is 0 Å². The number of benzene rings is 1. The summed E-state index contributed by atoms with van der Waals surface area (Å²) < 4.78 is 17.5. The van der Waals surface area contributed by atoms with Crippen molar-refractivity contribution < 1.29 is 19.0 Å². The Kier molecular flexibility index (Phi) is 5.35. The molecule has 2 N–H and O–H groups in total. The van der Waals surface area contributed by atoms with E-state index in [9.17, 15) is 4.79 Å². The van der Waals surface area contributed by atoms with Crippen LogP contribution >= 0.6 is 0 Å². The monoisotopic (exact) mass is 345 g/mol. The molecule has 0 radical (unpaired) electrons. The molecule has 0 amide bonds. The lowest BCUT2D eigenvalue weighted by atomic mass is 9.99. The van der Waals surface area contributed by atoms with Crippen molar-refractivity contribution in [1.82, 2.24) is 9.55 Å². The maximum absolute atomic E-state index is 12.0. The van der Waals surface area contributed by atoms with Crippen LogP contribution in [0, 0.1) is 0 Å². The Hall–Kier alpha value is -2.38. The first kappa shape index (κ1) is 17.4. The van der Waals surface area contributed by atoms with Gasteiger partial charge >= 0.3 is 5.97 Å². The number of anilines is 1. The number of imidazole rings is 1. The first-order valence-corrected chi connectivity index (χ1v) is 8.26. The number of hydrogen-bond acceptors (Lipinski definition) is 6. The summed E-state index contributed by atoms with van der Waals surface area (Å²) in [6.45, 7) is 1.77. The molecule has 0 spiro atoms. The number of ether oxygens (including phenoxy) is 3. The van der Waals surface area contributed by atoms with E-state index in [0.29, 0.717) is 23.8 Å². The van der Waals surface area contributed by atoms with Crippen molar-refractivity contribution in [2.24, 2.45) is 0 Å². The average Bonchev–Trinajstić information content (AvgIpc) is 3.12. The summed E-state index contributed by atoms with van der Waals surface area (Å²) in [5, 5.41) is 0. The molecular weight excluding hydrogens is 322 g/mol. The Morgan fingerprint density at radius 1 is 1.36 bits per heavy atom. The van der Waals surface area contributed by atoms with Gasteiger partial charge in [-0.05, 0) is 30.5 Å². The molecule has 1 aromatic heterocycles. The highest BCUT2D eigenvalue weighted by atomic mass is 16.5. The molecule has 0 unspecified atom stereocenters. The number of aromatic nitrogens is 2. The highest BCUT2D eigenvalue weighted by Gasteiger charge is 2.23. The third-order valence-corrected chi connectivity index (χ3v) is 4.47. The quantitative estimate of drug-likeness (QED) is 0.661. The van der Waals surface area contributed by atoms with Gasteiger partial charge < -0.3 is 24.5 Å². The van der Waals surface area contributed by atoms with Crippen molar-refractivity contribution in [3.8, 4) is 5.69 Å². The van der Waals surface area contributed by atoms with Crippen molar-refractivity contribution in [2.75, 3.05) is 33.2 Å². The molecule has 25 heavy (non-hydrogen) atoms. The molecule has 1 aliphatic rings. The van der Waals surface area contributed by atoms with E-state index in [2.05, 4.69) is 4.98 Å². The number of carbonyl (C=O) groups excluding carboxylic acids is 1. The van der Waals surface area contributed by atoms with Crippen LogP contribution in [0.15, 0.2) is 24.5 Å². The average molecular weight is 345 g/mol. The third-order valence-electron chi connectivity index (χ3n) is 4.47. The Morgan fingerprint density at radius 3 is 2.80 bits per heavy atom. The van der Waals surface area contributed by atoms with Crippen LogP contribution in [-0.2, 0) is 20.8 Å². The third kappa shape index (κ3) is 3.52. The van der Waals surface area contributed by atoms with Gasteiger partial charge in [0.05, 0.1) is 30.7 Å². The first-order chi connectivity index (χ1) is 12.2. The topological polar surface area (TPSA) is 88.6 Å². The van der Waals surface area contributed by atoms with Gasteiger partial charge in [0, 0.05) is 38.6 Å². The van der Waals surface area contributed by atoms with E-state index in [1.54, 1.807) is 19.4 Å². The van der Waals surface area contributed by atoms with Gasteiger partial charge in [0.25, 0.3) is 0 Å². The summed E-state index contributed by atoms with van der Waals surface area (Å²) in [6.07, 6.45) is 5.53. The molecule has 7 heteroatoms. The number of esters is 1. The highest BCUT2D eigenvalue weighted by Crippen LogP contribution is 2.31. The maximum atomic E-state index is 12.0. The van der Waals surface area contributed by atoms with Gasteiger partial charge in [0.2, 0.25) is 0 Å². The second kappa shape index (κ2) is 7.67. The second-order valence-corrected chi connectivity index (χ2v) is 6.03. The molecule has 0 saturated carbocycles. The van der Waals surface area contributed by atoms with Crippen LogP contribution in [0.25, 0.3) is 5.69 Å². The molecule has 1 saturated heterocycles. The fraction of sp³-hybridized carbons (Fsp3) is 0.444. The minimum Gasteiger partial charge on any atom is -0.465 e. The van der Waals surface area contributed by atoms with Gasteiger partial charge in [-0.2, -0.15) is 0 Å². The summed E-state index contributed by atoms with van der Waals surface area (Å²) in [7, 11) is 2.93. The van der Waals surface area contributed by atoms with Crippen molar-refractivity contribution in [3.05, 3.63) is 41.5 Å². The van der Waals surface area contributed by atoms with Gasteiger partial charge in [0.15, 0.2) is 0 Å². The van der Waals surface area contributed by atoms with Gasteiger partial charge in [0.1, 0.15) is 5.82 Å². The van der Waals surface area contributed by atoms with Crippen LogP contribution in [0.5, 0.6) is 0 Å². The number of nitrogens with two attached hydrogens (primary N) is 1. The number of methoxy groups -OCH3 is 2. The van der Waals surface area contributed by atoms with Crippen LogP contribution in [-0.4, -0.2) is 43.0 Å². The summed E-state index contributed by atoms with van der Waals surface area (Å²) in [5.74, 6) is 0.860. The second-order valence-electron chi connectivity index (χ2n) is 6.03. The van der Waals surface area contributed by atoms with Gasteiger partial charge in [-0.1, -0.05) is 0 Å². The van der Waals surface area contributed by atoms with E-state index in [-0.39, 0.29) is 0 Å². The van der Waals surface area contributed by atoms with Gasteiger partial charge in [-0.25, -0.2) is 9.78 Å². The Labute approximate surface area is 146 Å². The molecule has 0 aliphatic carbocycles. The number of rotatable bonds is 5.